The number of hydrogen-bond acceptors (Lipinski definition) is 2. The number of fused-ring (bicyclic) bond motifs is 4. The average Bonchev–Trinajstić information content (AvgIpc) is 2.73. The van der Waals surface area contributed by atoms with Gasteiger partial charge in [0.1, 0.15) is 5.52 Å². The molecule has 0 spiro atoms. The minimum atomic E-state index is 0.708. The largest absolute Gasteiger partial charge is 0.338 e. The molecule has 0 amide bonds. The van der Waals surface area contributed by atoms with Gasteiger partial charge in [-0.2, -0.15) is 0 Å². The van der Waals surface area contributed by atoms with Crippen LogP contribution in [0.4, 0.5) is 0 Å². The van der Waals surface area contributed by atoms with E-state index in [9.17, 15) is 0 Å². The van der Waals surface area contributed by atoms with Crippen molar-refractivity contribution in [2.75, 3.05) is 0 Å². The molecule has 0 saturated carbocycles. The summed E-state index contributed by atoms with van der Waals surface area (Å²) < 4.78 is 0. The fraction of sp³-hybridized carbons (Fsp3) is 0.0667. The van der Waals surface area contributed by atoms with E-state index in [0.29, 0.717) is 5.02 Å². The van der Waals surface area contributed by atoms with E-state index >= 15 is 0 Å². The smallest absolute Gasteiger partial charge is 0.157 e. The van der Waals surface area contributed by atoms with Crippen molar-refractivity contribution in [2.24, 2.45) is 0 Å². The number of halogens is 1. The Morgan fingerprint density at radius 1 is 1.00 bits per heavy atom. The SMILES string of the molecule is Cc1ccc2nc3[nH]c4ccc(Cl)cc4c3nc2c1. The quantitative estimate of drug-likeness (QED) is 0.518. The maximum absolute atomic E-state index is 6.06. The highest BCUT2D eigenvalue weighted by atomic mass is 35.5. The molecule has 4 aromatic rings. The van der Waals surface area contributed by atoms with Crippen LogP contribution in [0.5, 0.6) is 0 Å². The normalized spacial score (nSPS) is 11.7. The van der Waals surface area contributed by atoms with Crippen molar-refractivity contribution in [2.45, 2.75) is 6.92 Å². The zero-order chi connectivity index (χ0) is 13.0. The molecule has 4 heteroatoms. The maximum atomic E-state index is 6.06. The highest BCUT2D eigenvalue weighted by Crippen LogP contribution is 2.27. The molecule has 2 aromatic heterocycles. The summed E-state index contributed by atoms with van der Waals surface area (Å²) in [5, 5.41) is 1.72. The van der Waals surface area contributed by atoms with Crippen molar-refractivity contribution in [3.8, 4) is 0 Å². The molecule has 0 aliphatic rings. The Kier molecular flexibility index (Phi) is 2.09. The van der Waals surface area contributed by atoms with Crippen LogP contribution in [-0.2, 0) is 0 Å². The van der Waals surface area contributed by atoms with Gasteiger partial charge in [0.2, 0.25) is 0 Å². The van der Waals surface area contributed by atoms with Crippen molar-refractivity contribution in [1.29, 1.82) is 0 Å². The molecule has 92 valence electrons. The summed E-state index contributed by atoms with van der Waals surface area (Å²) >= 11 is 6.06. The summed E-state index contributed by atoms with van der Waals surface area (Å²) in [5.74, 6) is 0. The Morgan fingerprint density at radius 3 is 2.79 bits per heavy atom. The molecule has 2 heterocycles. The molecule has 0 aliphatic heterocycles. The highest BCUT2D eigenvalue weighted by Gasteiger charge is 2.09. The van der Waals surface area contributed by atoms with Gasteiger partial charge < -0.3 is 4.98 Å². The molecule has 0 bridgehead atoms. The first-order valence-corrected chi connectivity index (χ1v) is 6.44. The number of aryl methyl sites for hydroxylation is 1. The zero-order valence-corrected chi connectivity index (χ0v) is 11.0. The van der Waals surface area contributed by atoms with Crippen LogP contribution >= 0.6 is 11.6 Å². The topological polar surface area (TPSA) is 41.6 Å². The third kappa shape index (κ3) is 1.59. The number of nitrogens with zero attached hydrogens (tertiary/aromatic N) is 2. The van der Waals surface area contributed by atoms with Crippen LogP contribution in [0.3, 0.4) is 0 Å². The molecule has 19 heavy (non-hydrogen) atoms. The highest BCUT2D eigenvalue weighted by molar-refractivity contribution is 6.31. The standard InChI is InChI=1S/C15H10ClN3/c1-8-2-4-12-13(6-8)17-14-10-7-9(16)3-5-11(10)18-15(14)19-12/h2-7H,1H3,(H,18,19). The van der Waals surface area contributed by atoms with Gasteiger partial charge in [0.05, 0.1) is 11.0 Å². The number of H-pyrrole nitrogens is 1. The van der Waals surface area contributed by atoms with Crippen molar-refractivity contribution < 1.29 is 0 Å². The third-order valence-corrected chi connectivity index (χ3v) is 3.54. The zero-order valence-electron chi connectivity index (χ0n) is 10.2. The molecule has 0 radical (unpaired) electrons. The second kappa shape index (κ2) is 3.68. The van der Waals surface area contributed by atoms with E-state index in [1.165, 1.54) is 5.56 Å². The van der Waals surface area contributed by atoms with Gasteiger partial charge in [0, 0.05) is 15.9 Å². The van der Waals surface area contributed by atoms with E-state index < -0.39 is 0 Å². The van der Waals surface area contributed by atoms with Gasteiger partial charge in [0.15, 0.2) is 5.65 Å². The van der Waals surface area contributed by atoms with Crippen molar-refractivity contribution in [1.82, 2.24) is 15.0 Å². The van der Waals surface area contributed by atoms with E-state index in [2.05, 4.69) is 16.9 Å². The molecule has 1 N–H and O–H groups in total. The van der Waals surface area contributed by atoms with Crippen molar-refractivity contribution in [3.05, 3.63) is 47.0 Å². The second-order valence-corrected chi connectivity index (χ2v) is 5.16. The number of nitrogens with one attached hydrogen (secondary N) is 1. The van der Waals surface area contributed by atoms with Gasteiger partial charge in [-0.25, -0.2) is 9.97 Å². The number of aromatic nitrogens is 3. The van der Waals surface area contributed by atoms with Gasteiger partial charge >= 0.3 is 0 Å². The molecule has 3 nitrogen and oxygen atoms in total. The Bertz CT molecular complexity index is 934. The van der Waals surface area contributed by atoms with E-state index in [-0.39, 0.29) is 0 Å². The molecular formula is C15H10ClN3. The Morgan fingerprint density at radius 2 is 1.89 bits per heavy atom. The molecule has 0 unspecified atom stereocenters. The molecule has 4 rings (SSSR count). The summed E-state index contributed by atoms with van der Waals surface area (Å²) in [6.07, 6.45) is 0. The van der Waals surface area contributed by atoms with Gasteiger partial charge in [-0.15, -0.1) is 0 Å². The van der Waals surface area contributed by atoms with Crippen LogP contribution in [0.15, 0.2) is 36.4 Å². The van der Waals surface area contributed by atoms with Gasteiger partial charge in [0.25, 0.3) is 0 Å². The van der Waals surface area contributed by atoms with Crippen molar-refractivity contribution in [3.63, 3.8) is 0 Å². The first kappa shape index (κ1) is 10.8. The van der Waals surface area contributed by atoms with E-state index in [4.69, 9.17) is 16.6 Å². The lowest BCUT2D eigenvalue weighted by molar-refractivity contribution is 1.34. The summed E-state index contributed by atoms with van der Waals surface area (Å²) in [6.45, 7) is 2.05. The molecule has 0 atom stereocenters. The Balaban J connectivity index is 2.21. The summed E-state index contributed by atoms with van der Waals surface area (Å²) in [7, 11) is 0. The number of rotatable bonds is 0. The van der Waals surface area contributed by atoms with E-state index in [1.807, 2.05) is 36.4 Å². The van der Waals surface area contributed by atoms with Crippen LogP contribution in [-0.4, -0.2) is 15.0 Å². The van der Waals surface area contributed by atoms with Gasteiger partial charge in [-0.3, -0.25) is 0 Å². The molecule has 0 aliphatic carbocycles. The summed E-state index contributed by atoms with van der Waals surface area (Å²) in [5.41, 5.74) is 5.67. The summed E-state index contributed by atoms with van der Waals surface area (Å²) in [4.78, 5) is 12.6. The van der Waals surface area contributed by atoms with E-state index in [0.717, 1.165) is 33.1 Å². The first-order chi connectivity index (χ1) is 9.20. The van der Waals surface area contributed by atoms with Crippen LogP contribution in [0.1, 0.15) is 5.56 Å². The van der Waals surface area contributed by atoms with Crippen LogP contribution in [0.2, 0.25) is 5.02 Å². The fourth-order valence-corrected chi connectivity index (χ4v) is 2.56. The van der Waals surface area contributed by atoms with Crippen LogP contribution in [0.25, 0.3) is 33.1 Å². The first-order valence-electron chi connectivity index (χ1n) is 6.06. The fourth-order valence-electron chi connectivity index (χ4n) is 2.39. The third-order valence-electron chi connectivity index (χ3n) is 3.31. The second-order valence-electron chi connectivity index (χ2n) is 4.73. The number of benzene rings is 2. The minimum Gasteiger partial charge on any atom is -0.338 e. The minimum absolute atomic E-state index is 0.708. The predicted octanol–water partition coefficient (Wildman–Crippen LogP) is 4.23. The van der Waals surface area contributed by atoms with E-state index in [1.54, 1.807) is 0 Å². The lowest BCUT2D eigenvalue weighted by Crippen LogP contribution is -1.86. The average molecular weight is 268 g/mol. The van der Waals surface area contributed by atoms with Crippen molar-refractivity contribution >= 4 is 44.7 Å². The van der Waals surface area contributed by atoms with Crippen LogP contribution in [0, 0.1) is 6.92 Å². The van der Waals surface area contributed by atoms with Gasteiger partial charge in [-0.1, -0.05) is 17.7 Å². The molecule has 0 fully saturated rings. The number of hydrogen-bond donors (Lipinski definition) is 1. The Hall–Kier alpha value is -2.13. The van der Waals surface area contributed by atoms with Crippen LogP contribution < -0.4 is 0 Å². The monoisotopic (exact) mass is 267 g/mol. The Labute approximate surface area is 114 Å². The number of aromatic amines is 1. The predicted molar refractivity (Wildman–Crippen MR) is 78.6 cm³/mol. The lowest BCUT2D eigenvalue weighted by Gasteiger charge is -1.98. The maximum Gasteiger partial charge on any atom is 0.157 e. The van der Waals surface area contributed by atoms with Gasteiger partial charge in [-0.05, 0) is 42.8 Å². The molecular weight excluding hydrogens is 258 g/mol. The molecule has 2 aromatic carbocycles. The molecule has 0 saturated heterocycles. The summed E-state index contributed by atoms with van der Waals surface area (Å²) in [6, 6.07) is 11.8. The lowest BCUT2D eigenvalue weighted by atomic mass is 10.2.